The third-order valence-corrected chi connectivity index (χ3v) is 2.21. The van der Waals surface area contributed by atoms with E-state index in [9.17, 15) is 44.3 Å². The molecule has 0 heterocycles. The fourth-order valence-electron chi connectivity index (χ4n) is 0.960. The second-order valence-electron chi connectivity index (χ2n) is 4.02. The molecule has 0 spiro atoms. The van der Waals surface area contributed by atoms with Gasteiger partial charge in [0, 0.05) is 29.5 Å². The van der Waals surface area contributed by atoms with E-state index in [1.165, 1.54) is 0 Å². The van der Waals surface area contributed by atoms with Gasteiger partial charge in [0.2, 0.25) is 0 Å². The summed E-state index contributed by atoms with van der Waals surface area (Å²) in [5.41, 5.74) is -0.300. The number of ether oxygens (including phenoxy) is 1. The van der Waals surface area contributed by atoms with Gasteiger partial charge in [0.15, 0.2) is 0 Å². The number of esters is 1. The summed E-state index contributed by atoms with van der Waals surface area (Å²) < 4.78 is 116. The first-order valence-corrected chi connectivity index (χ1v) is 5.10. The summed E-state index contributed by atoms with van der Waals surface area (Å²) in [6.45, 7) is 2.60. The molecule has 0 saturated heterocycles. The number of carbonyl (C=O) groups is 1. The smallest absolute Gasteiger partial charge is 0.460 e. The maximum absolute atomic E-state index is 12.9. The summed E-state index contributed by atoms with van der Waals surface area (Å²) >= 11 is 0. The molecule has 0 saturated carbocycles. The van der Waals surface area contributed by atoms with E-state index in [4.69, 9.17) is 0 Å². The largest absolute Gasteiger partial charge is 0.462 e. The molecule has 0 aromatic rings. The third-order valence-electron chi connectivity index (χ3n) is 2.21. The molecular weight excluding hydrogens is 442 g/mol. The Morgan fingerprint density at radius 3 is 1.68 bits per heavy atom. The van der Waals surface area contributed by atoms with Crippen LogP contribution >= 0.6 is 0 Å². The van der Waals surface area contributed by atoms with Crippen LogP contribution in [-0.4, -0.2) is 60.4 Å². The molecule has 12 heteroatoms. The molecule has 0 aliphatic rings. The Labute approximate surface area is 135 Å². The van der Waals surface area contributed by atoms with E-state index in [1.807, 2.05) is 0 Å². The maximum Gasteiger partial charge on any atom is 0.460 e. The van der Waals surface area contributed by atoms with Crippen LogP contribution in [0.1, 0.15) is 13.3 Å². The number of hydrogen-bond donors (Lipinski definition) is 0. The van der Waals surface area contributed by atoms with Gasteiger partial charge < -0.3 is 4.74 Å². The van der Waals surface area contributed by atoms with E-state index in [0.29, 0.717) is 0 Å². The summed E-state index contributed by atoms with van der Waals surface area (Å²) in [5, 5.41) is 0. The first-order chi connectivity index (χ1) is 9.08. The van der Waals surface area contributed by atoms with Crippen molar-refractivity contribution >= 4 is 29.9 Å². The second-order valence-corrected chi connectivity index (χ2v) is 4.02. The van der Waals surface area contributed by atoms with Crippen LogP contribution in [0.5, 0.6) is 0 Å². The minimum absolute atomic E-state index is 0. The fraction of sp³-hybridized carbons (Fsp3) is 0.700. The van der Waals surface area contributed by atoms with Crippen molar-refractivity contribution in [2.75, 3.05) is 6.61 Å². The van der Waals surface area contributed by atoms with Gasteiger partial charge in [-0.1, -0.05) is 6.58 Å². The monoisotopic (exact) mass is 452 g/mol. The Kier molecular flexibility index (Phi) is 7.84. The molecule has 0 bridgehead atoms. The predicted octanol–water partition coefficient (Wildman–Crippen LogP) is 3.58. The van der Waals surface area contributed by atoms with E-state index in [2.05, 4.69) is 11.3 Å². The topological polar surface area (TPSA) is 26.3 Å². The average molecular weight is 451 g/mol. The van der Waals surface area contributed by atoms with Crippen LogP contribution in [0.2, 0.25) is 0 Å². The van der Waals surface area contributed by atoms with Crippen molar-refractivity contribution in [3.8, 4) is 0 Å². The summed E-state index contributed by atoms with van der Waals surface area (Å²) in [4.78, 5) is 10.8. The van der Waals surface area contributed by atoms with Crippen LogP contribution in [0.25, 0.3) is 0 Å². The van der Waals surface area contributed by atoms with Crippen molar-refractivity contribution in [3.05, 3.63) is 12.2 Å². The SMILES string of the molecule is C=C(C)C(=O)OCCC(F)(F)C(F)(F)C(F)(F)C(F)(F)F.[Sn]. The minimum Gasteiger partial charge on any atom is -0.462 e. The number of carbonyl (C=O) groups excluding carboxylic acids is 1. The van der Waals surface area contributed by atoms with Crippen molar-refractivity contribution in [3.63, 3.8) is 0 Å². The number of alkyl halides is 9. The van der Waals surface area contributed by atoms with Gasteiger partial charge in [0.25, 0.3) is 0 Å². The third kappa shape index (κ3) is 4.68. The Bertz CT molecular complexity index is 417. The van der Waals surface area contributed by atoms with Crippen molar-refractivity contribution in [2.24, 2.45) is 0 Å². The maximum atomic E-state index is 12.9. The van der Waals surface area contributed by atoms with Crippen molar-refractivity contribution < 1.29 is 49.0 Å². The van der Waals surface area contributed by atoms with E-state index in [-0.39, 0.29) is 29.5 Å². The normalized spacial score (nSPS) is 13.4. The molecule has 2 nitrogen and oxygen atoms in total. The molecule has 128 valence electrons. The summed E-state index contributed by atoms with van der Waals surface area (Å²) in [6, 6.07) is 0. The Hall–Kier alpha value is -0.621. The number of rotatable bonds is 6. The fourth-order valence-corrected chi connectivity index (χ4v) is 0.960. The summed E-state index contributed by atoms with van der Waals surface area (Å²) in [5.74, 6) is -20.7. The Morgan fingerprint density at radius 1 is 0.955 bits per heavy atom. The van der Waals surface area contributed by atoms with Crippen LogP contribution in [-0.2, 0) is 9.53 Å². The van der Waals surface area contributed by atoms with Gasteiger partial charge in [-0.05, 0) is 6.92 Å². The molecule has 0 aliphatic carbocycles. The zero-order valence-corrected chi connectivity index (χ0v) is 13.7. The van der Waals surface area contributed by atoms with Gasteiger partial charge in [-0.15, -0.1) is 0 Å². The summed E-state index contributed by atoms with van der Waals surface area (Å²) in [7, 11) is 0. The summed E-state index contributed by atoms with van der Waals surface area (Å²) in [6.07, 6.45) is -9.08. The molecular formula is C10H9F9O2Sn. The minimum atomic E-state index is -6.94. The van der Waals surface area contributed by atoms with Crippen LogP contribution in [0.4, 0.5) is 39.5 Å². The molecule has 0 aromatic heterocycles. The zero-order chi connectivity index (χ0) is 17.3. The molecule has 0 unspecified atom stereocenters. The van der Waals surface area contributed by atoms with Crippen molar-refractivity contribution in [1.82, 2.24) is 0 Å². The van der Waals surface area contributed by atoms with Crippen molar-refractivity contribution in [2.45, 2.75) is 37.3 Å². The van der Waals surface area contributed by atoms with Crippen LogP contribution in [0, 0.1) is 0 Å². The van der Waals surface area contributed by atoms with Crippen molar-refractivity contribution in [1.29, 1.82) is 0 Å². The Balaban J connectivity index is 0. The van der Waals surface area contributed by atoms with E-state index >= 15 is 0 Å². The van der Waals surface area contributed by atoms with Gasteiger partial charge in [-0.3, -0.25) is 0 Å². The van der Waals surface area contributed by atoms with Gasteiger partial charge in [0.05, 0.1) is 13.0 Å². The van der Waals surface area contributed by atoms with Gasteiger partial charge >= 0.3 is 29.9 Å². The number of hydrogen-bond acceptors (Lipinski definition) is 2. The zero-order valence-electron chi connectivity index (χ0n) is 10.8. The van der Waals surface area contributed by atoms with Crippen LogP contribution < -0.4 is 0 Å². The van der Waals surface area contributed by atoms with E-state index in [0.717, 1.165) is 6.92 Å². The molecule has 0 rings (SSSR count). The standard InChI is InChI=1S/C10H9F9O2.Sn/c1-5(2)6(20)21-4-3-7(11,12)8(13,14)9(15,16)10(17,18)19;/h1,3-4H2,2H3;. The van der Waals surface area contributed by atoms with Crippen LogP contribution in [0.3, 0.4) is 0 Å². The molecule has 0 amide bonds. The molecule has 0 aromatic carbocycles. The van der Waals surface area contributed by atoms with E-state index in [1.54, 1.807) is 0 Å². The molecule has 0 atom stereocenters. The molecule has 22 heavy (non-hydrogen) atoms. The number of halogens is 9. The Morgan fingerprint density at radius 2 is 1.36 bits per heavy atom. The van der Waals surface area contributed by atoms with Gasteiger partial charge in [0.1, 0.15) is 0 Å². The van der Waals surface area contributed by atoms with Gasteiger partial charge in [-0.25, -0.2) is 4.79 Å². The first-order valence-electron chi connectivity index (χ1n) is 5.10. The molecule has 0 fully saturated rings. The molecule has 4 radical (unpaired) electrons. The first kappa shape index (κ1) is 23.6. The molecule has 0 N–H and O–H groups in total. The predicted molar refractivity (Wildman–Crippen MR) is 57.0 cm³/mol. The van der Waals surface area contributed by atoms with E-state index < -0.39 is 42.9 Å². The second kappa shape index (κ2) is 7.30. The quantitative estimate of drug-likeness (QED) is 0.267. The van der Waals surface area contributed by atoms with Crippen LogP contribution in [0.15, 0.2) is 12.2 Å². The molecule has 0 aliphatic heterocycles. The average Bonchev–Trinajstić information content (AvgIpc) is 2.26. The van der Waals surface area contributed by atoms with Gasteiger partial charge in [-0.2, -0.15) is 39.5 Å².